The van der Waals surface area contributed by atoms with Crippen LogP contribution >= 0.6 is 11.8 Å². The van der Waals surface area contributed by atoms with Gasteiger partial charge in [0.2, 0.25) is 0 Å². The summed E-state index contributed by atoms with van der Waals surface area (Å²) in [6.07, 6.45) is -2.58. The van der Waals surface area contributed by atoms with Crippen molar-refractivity contribution < 1.29 is 13.2 Å². The number of halogens is 3. The van der Waals surface area contributed by atoms with Crippen molar-refractivity contribution >= 4 is 17.7 Å². The highest BCUT2D eigenvalue weighted by molar-refractivity contribution is 7.99. The topological polar surface area (TPSA) is 41.6 Å². The van der Waals surface area contributed by atoms with E-state index in [4.69, 9.17) is 5.73 Å². The van der Waals surface area contributed by atoms with Gasteiger partial charge in [-0.05, 0) is 24.5 Å². The summed E-state index contributed by atoms with van der Waals surface area (Å²) in [5.74, 6) is 2.59. The van der Waals surface area contributed by atoms with Crippen molar-refractivity contribution in [1.82, 2.24) is 4.90 Å². The lowest BCUT2D eigenvalue weighted by atomic mass is 9.94. The van der Waals surface area contributed by atoms with E-state index in [9.17, 15) is 13.2 Å². The molecule has 1 saturated carbocycles. The fourth-order valence-corrected chi connectivity index (χ4v) is 3.74. The second-order valence-corrected chi connectivity index (χ2v) is 7.36. The molecule has 23 heavy (non-hydrogen) atoms. The number of rotatable bonds is 3. The molecule has 0 atom stereocenters. The predicted molar refractivity (Wildman–Crippen MR) is 87.7 cm³/mol. The van der Waals surface area contributed by atoms with E-state index in [1.807, 2.05) is 11.8 Å². The Morgan fingerprint density at radius 1 is 1.26 bits per heavy atom. The van der Waals surface area contributed by atoms with E-state index >= 15 is 0 Å². The number of nitrogens with zero attached hydrogens (tertiary/aromatic N) is 2. The molecule has 0 unspecified atom stereocenters. The van der Waals surface area contributed by atoms with E-state index in [1.54, 1.807) is 6.07 Å². The zero-order chi connectivity index (χ0) is 16.5. The first-order valence-electron chi connectivity index (χ1n) is 7.71. The van der Waals surface area contributed by atoms with Gasteiger partial charge in [0, 0.05) is 30.0 Å². The van der Waals surface area contributed by atoms with Gasteiger partial charge in [-0.2, -0.15) is 24.9 Å². The first-order chi connectivity index (χ1) is 10.9. The second kappa shape index (κ2) is 6.26. The molecular formula is C16H20F3N3S. The highest BCUT2D eigenvalue weighted by atomic mass is 32.2. The number of thioether (sulfide) groups is 1. The summed E-state index contributed by atoms with van der Waals surface area (Å²) in [5, 5.41) is 0. The molecule has 0 amide bonds. The van der Waals surface area contributed by atoms with Crippen LogP contribution in [0.15, 0.2) is 29.3 Å². The molecule has 3 rings (SSSR count). The third kappa shape index (κ3) is 3.76. The lowest BCUT2D eigenvalue weighted by Gasteiger charge is -2.27. The molecule has 1 aliphatic heterocycles. The van der Waals surface area contributed by atoms with E-state index in [2.05, 4.69) is 9.89 Å². The fraction of sp³-hybridized carbons (Fsp3) is 0.562. The average molecular weight is 343 g/mol. The smallest absolute Gasteiger partial charge is 0.370 e. The Morgan fingerprint density at radius 3 is 2.57 bits per heavy atom. The Bertz CT molecular complexity index is 590. The predicted octanol–water partition coefficient (Wildman–Crippen LogP) is 3.10. The maximum Gasteiger partial charge on any atom is 0.416 e. The van der Waals surface area contributed by atoms with Crippen molar-refractivity contribution in [3.05, 3.63) is 35.4 Å². The minimum atomic E-state index is -4.31. The molecule has 0 bridgehead atoms. The quantitative estimate of drug-likeness (QED) is 0.677. The third-order valence-electron chi connectivity index (χ3n) is 4.53. The van der Waals surface area contributed by atoms with Crippen LogP contribution in [0.1, 0.15) is 24.0 Å². The van der Waals surface area contributed by atoms with Gasteiger partial charge in [-0.25, -0.2) is 0 Å². The number of aliphatic imine (C=N–C) groups is 1. The van der Waals surface area contributed by atoms with Gasteiger partial charge in [-0.15, -0.1) is 0 Å². The van der Waals surface area contributed by atoms with Crippen LogP contribution in [-0.2, 0) is 11.6 Å². The van der Waals surface area contributed by atoms with Crippen molar-refractivity contribution in [2.75, 3.05) is 31.1 Å². The summed E-state index contributed by atoms with van der Waals surface area (Å²) in [4.78, 5) is 6.53. The lowest BCUT2D eigenvalue weighted by molar-refractivity contribution is -0.137. The second-order valence-electron chi connectivity index (χ2n) is 6.13. The Morgan fingerprint density at radius 2 is 1.96 bits per heavy atom. The molecule has 1 aromatic carbocycles. The molecule has 2 fully saturated rings. The van der Waals surface area contributed by atoms with Crippen LogP contribution in [0.5, 0.6) is 0 Å². The molecule has 2 N–H and O–H groups in total. The lowest BCUT2D eigenvalue weighted by Crippen LogP contribution is -2.43. The fourth-order valence-electron chi connectivity index (χ4n) is 2.84. The molecular weight excluding hydrogens is 323 g/mol. The molecule has 1 heterocycles. The zero-order valence-corrected chi connectivity index (χ0v) is 13.6. The maximum absolute atomic E-state index is 12.9. The average Bonchev–Trinajstić information content (AvgIpc) is 3.34. The van der Waals surface area contributed by atoms with E-state index in [0.717, 1.165) is 49.1 Å². The van der Waals surface area contributed by atoms with E-state index in [0.29, 0.717) is 12.5 Å². The largest absolute Gasteiger partial charge is 0.416 e. The summed E-state index contributed by atoms with van der Waals surface area (Å²) >= 11 is 1.89. The molecule has 0 radical (unpaired) electrons. The summed E-state index contributed by atoms with van der Waals surface area (Å²) < 4.78 is 38.6. The van der Waals surface area contributed by atoms with Crippen LogP contribution in [0, 0.1) is 0 Å². The van der Waals surface area contributed by atoms with Gasteiger partial charge in [-0.1, -0.05) is 18.2 Å². The SMILES string of the molecule is NC(=NCC1(c2cccc(C(F)(F)F)c2)CC1)N1CCSCC1. The Hall–Kier alpha value is -1.37. The van der Waals surface area contributed by atoms with Crippen molar-refractivity contribution in [3.8, 4) is 0 Å². The zero-order valence-electron chi connectivity index (χ0n) is 12.8. The molecule has 3 nitrogen and oxygen atoms in total. The van der Waals surface area contributed by atoms with Gasteiger partial charge >= 0.3 is 6.18 Å². The Labute approximate surface area is 138 Å². The Kier molecular flexibility index (Phi) is 4.49. The van der Waals surface area contributed by atoms with Crippen LogP contribution in [0.4, 0.5) is 13.2 Å². The van der Waals surface area contributed by atoms with Crippen LogP contribution < -0.4 is 5.73 Å². The van der Waals surface area contributed by atoms with Crippen molar-refractivity contribution in [1.29, 1.82) is 0 Å². The normalized spacial score (nSPS) is 21.3. The molecule has 7 heteroatoms. The van der Waals surface area contributed by atoms with Gasteiger partial charge in [0.05, 0.1) is 12.1 Å². The van der Waals surface area contributed by atoms with Gasteiger partial charge in [0.25, 0.3) is 0 Å². The number of alkyl halides is 3. The standard InChI is InChI=1S/C16H20F3N3S/c17-16(18,19)13-3-1-2-12(10-13)15(4-5-15)11-21-14(20)22-6-8-23-9-7-22/h1-3,10H,4-9,11H2,(H2,20,21). The molecule has 0 aromatic heterocycles. The minimum Gasteiger partial charge on any atom is -0.370 e. The van der Waals surface area contributed by atoms with Gasteiger partial charge in [-0.3, -0.25) is 4.99 Å². The van der Waals surface area contributed by atoms with Gasteiger partial charge in [0.15, 0.2) is 5.96 Å². The van der Waals surface area contributed by atoms with Crippen LogP contribution in [-0.4, -0.2) is 42.0 Å². The van der Waals surface area contributed by atoms with Crippen molar-refractivity contribution in [2.24, 2.45) is 10.7 Å². The van der Waals surface area contributed by atoms with E-state index < -0.39 is 11.7 Å². The summed E-state index contributed by atoms with van der Waals surface area (Å²) in [5.41, 5.74) is 5.91. The van der Waals surface area contributed by atoms with Crippen molar-refractivity contribution in [2.45, 2.75) is 24.4 Å². The molecule has 0 spiro atoms. The highest BCUT2D eigenvalue weighted by Gasteiger charge is 2.45. The molecule has 1 aliphatic carbocycles. The number of hydrogen-bond donors (Lipinski definition) is 1. The number of nitrogens with two attached hydrogens (primary N) is 1. The van der Waals surface area contributed by atoms with Crippen LogP contribution in [0.25, 0.3) is 0 Å². The van der Waals surface area contributed by atoms with Crippen molar-refractivity contribution in [3.63, 3.8) is 0 Å². The number of hydrogen-bond acceptors (Lipinski definition) is 2. The summed E-state index contributed by atoms with van der Waals surface area (Å²) in [6, 6.07) is 5.62. The highest BCUT2D eigenvalue weighted by Crippen LogP contribution is 2.49. The first-order valence-corrected chi connectivity index (χ1v) is 8.87. The third-order valence-corrected chi connectivity index (χ3v) is 5.48. The number of guanidine groups is 1. The Balaban J connectivity index is 1.72. The van der Waals surface area contributed by atoms with Gasteiger partial charge in [0.1, 0.15) is 0 Å². The van der Waals surface area contributed by atoms with Gasteiger partial charge < -0.3 is 10.6 Å². The minimum absolute atomic E-state index is 0.267. The summed E-state index contributed by atoms with van der Waals surface area (Å²) in [7, 11) is 0. The van der Waals surface area contributed by atoms with E-state index in [1.165, 1.54) is 12.1 Å². The van der Waals surface area contributed by atoms with Crippen LogP contribution in [0.3, 0.4) is 0 Å². The van der Waals surface area contributed by atoms with E-state index in [-0.39, 0.29) is 5.41 Å². The molecule has 126 valence electrons. The monoisotopic (exact) mass is 343 g/mol. The summed E-state index contributed by atoms with van der Waals surface area (Å²) in [6.45, 7) is 2.23. The number of benzene rings is 1. The van der Waals surface area contributed by atoms with Crippen LogP contribution in [0.2, 0.25) is 0 Å². The first kappa shape index (κ1) is 16.5. The molecule has 1 saturated heterocycles. The molecule has 1 aromatic rings. The maximum atomic E-state index is 12.9. The molecule has 2 aliphatic rings.